The van der Waals surface area contributed by atoms with Crippen molar-refractivity contribution in [1.29, 1.82) is 0 Å². The summed E-state index contributed by atoms with van der Waals surface area (Å²) in [5, 5.41) is 0.549. The maximum Gasteiger partial charge on any atom is 0.257 e. The van der Waals surface area contributed by atoms with E-state index in [-0.39, 0.29) is 11.9 Å². The highest BCUT2D eigenvalue weighted by Gasteiger charge is 2.27. The van der Waals surface area contributed by atoms with Crippen LogP contribution < -0.4 is 9.47 Å². The topological polar surface area (TPSA) is 64.8 Å². The number of benzene rings is 2. The minimum atomic E-state index is 0.157. The number of carbonyl (C=O) groups excluding carboxylic acids is 1. The second kappa shape index (κ2) is 10.1. The molecule has 1 unspecified atom stereocenters. The Bertz CT molecular complexity index is 1000. The van der Waals surface area contributed by atoms with Gasteiger partial charge < -0.3 is 18.8 Å². The maximum absolute atomic E-state index is 13.0. The number of nitrogens with zero attached hydrogens (tertiary/aromatic N) is 2. The number of piperidine rings is 1. The van der Waals surface area contributed by atoms with Crippen LogP contribution in [0, 0.1) is 0 Å². The lowest BCUT2D eigenvalue weighted by atomic mass is 9.95. The van der Waals surface area contributed by atoms with Gasteiger partial charge in [-0.3, -0.25) is 4.79 Å². The molecule has 1 saturated heterocycles. The smallest absolute Gasteiger partial charge is 0.257 e. The molecule has 0 aliphatic carbocycles. The highest BCUT2D eigenvalue weighted by molar-refractivity contribution is 7.99. The molecule has 0 bridgehead atoms. The van der Waals surface area contributed by atoms with E-state index in [0.29, 0.717) is 11.0 Å². The van der Waals surface area contributed by atoms with E-state index >= 15 is 0 Å². The van der Waals surface area contributed by atoms with Crippen molar-refractivity contribution in [3.05, 3.63) is 48.0 Å². The van der Waals surface area contributed by atoms with Gasteiger partial charge >= 0.3 is 0 Å². The molecule has 0 saturated carbocycles. The molecule has 31 heavy (non-hydrogen) atoms. The fraction of sp³-hybridized carbons (Fsp3) is 0.417. The number of carbonyl (C=O) groups is 1. The van der Waals surface area contributed by atoms with Gasteiger partial charge in [-0.25, -0.2) is 4.98 Å². The zero-order valence-corrected chi connectivity index (χ0v) is 18.8. The lowest BCUT2D eigenvalue weighted by Gasteiger charge is -2.36. The Hall–Kier alpha value is -2.67. The van der Waals surface area contributed by atoms with E-state index in [4.69, 9.17) is 13.9 Å². The van der Waals surface area contributed by atoms with E-state index in [2.05, 4.69) is 16.0 Å². The molecular weight excluding hydrogens is 412 g/mol. The Morgan fingerprint density at radius 2 is 2.00 bits per heavy atom. The number of thioether (sulfide) groups is 1. The lowest BCUT2D eigenvalue weighted by Crippen LogP contribution is -2.44. The Labute approximate surface area is 186 Å². The van der Waals surface area contributed by atoms with Gasteiger partial charge in [-0.05, 0) is 61.9 Å². The van der Waals surface area contributed by atoms with Crippen LogP contribution in [0.5, 0.6) is 11.5 Å². The molecule has 0 radical (unpaired) electrons. The number of amides is 1. The summed E-state index contributed by atoms with van der Waals surface area (Å²) >= 11 is 1.37. The zero-order valence-electron chi connectivity index (χ0n) is 18.0. The van der Waals surface area contributed by atoms with Crippen molar-refractivity contribution in [2.45, 2.75) is 43.4 Å². The SMILES string of the molecule is COc1ccc(CCC2CCCCN2C(=O)CSc2nc3ccccc3o2)cc1OC. The third-order valence-corrected chi connectivity index (χ3v) is 6.57. The van der Waals surface area contributed by atoms with Crippen LogP contribution in [0.4, 0.5) is 0 Å². The largest absolute Gasteiger partial charge is 0.493 e. The molecule has 1 fully saturated rings. The number of para-hydroxylation sites is 2. The van der Waals surface area contributed by atoms with Crippen molar-refractivity contribution < 1.29 is 18.7 Å². The fourth-order valence-corrected chi connectivity index (χ4v) is 4.84. The molecule has 1 amide bonds. The van der Waals surface area contributed by atoms with Gasteiger partial charge in [0.1, 0.15) is 5.52 Å². The van der Waals surface area contributed by atoms with E-state index < -0.39 is 0 Å². The van der Waals surface area contributed by atoms with Crippen molar-refractivity contribution >= 4 is 28.8 Å². The van der Waals surface area contributed by atoms with E-state index in [1.54, 1.807) is 14.2 Å². The molecule has 1 aliphatic rings. The average Bonchev–Trinajstić information content (AvgIpc) is 3.24. The number of likely N-dealkylation sites (tertiary alicyclic amines) is 1. The van der Waals surface area contributed by atoms with Crippen LogP contribution in [-0.2, 0) is 11.2 Å². The van der Waals surface area contributed by atoms with Gasteiger partial charge in [0.05, 0.1) is 20.0 Å². The average molecular weight is 441 g/mol. The second-order valence-corrected chi connectivity index (χ2v) is 8.63. The quantitative estimate of drug-likeness (QED) is 0.462. The van der Waals surface area contributed by atoms with Gasteiger partial charge in [0.25, 0.3) is 5.22 Å². The predicted octanol–water partition coefficient (Wildman–Crippen LogP) is 4.95. The number of ether oxygens (including phenoxy) is 2. The molecule has 2 heterocycles. The van der Waals surface area contributed by atoms with Gasteiger partial charge in [-0.1, -0.05) is 30.0 Å². The summed E-state index contributed by atoms with van der Waals surface area (Å²) in [6.07, 6.45) is 5.11. The van der Waals surface area contributed by atoms with Crippen LogP contribution in [0.3, 0.4) is 0 Å². The Morgan fingerprint density at radius 3 is 2.81 bits per heavy atom. The van der Waals surface area contributed by atoms with Gasteiger partial charge in [0.15, 0.2) is 17.1 Å². The normalized spacial score (nSPS) is 16.5. The summed E-state index contributed by atoms with van der Waals surface area (Å²) in [7, 11) is 3.29. The van der Waals surface area contributed by atoms with Crippen LogP contribution in [0.2, 0.25) is 0 Å². The predicted molar refractivity (Wildman–Crippen MR) is 122 cm³/mol. The molecule has 164 valence electrons. The molecule has 7 heteroatoms. The number of oxazole rings is 1. The minimum absolute atomic E-state index is 0.157. The highest BCUT2D eigenvalue weighted by Crippen LogP contribution is 2.30. The fourth-order valence-electron chi connectivity index (χ4n) is 4.12. The number of rotatable bonds is 8. The van der Waals surface area contributed by atoms with E-state index in [1.165, 1.54) is 23.7 Å². The van der Waals surface area contributed by atoms with E-state index in [1.807, 2.05) is 36.4 Å². The summed E-state index contributed by atoms with van der Waals surface area (Å²) in [6.45, 7) is 0.823. The number of hydrogen-bond donors (Lipinski definition) is 0. The lowest BCUT2D eigenvalue weighted by molar-refractivity contribution is -0.132. The first-order valence-corrected chi connectivity index (χ1v) is 11.6. The van der Waals surface area contributed by atoms with E-state index in [0.717, 1.165) is 54.8 Å². The Balaban J connectivity index is 1.35. The standard InChI is InChI=1S/C24H28N2O4S/c1-28-21-13-11-17(15-22(21)29-2)10-12-18-7-5-6-14-26(18)23(27)16-31-24-25-19-8-3-4-9-20(19)30-24/h3-4,8-9,11,13,15,18H,5-7,10,12,14,16H2,1-2H3. The zero-order chi connectivity index (χ0) is 21.6. The molecule has 0 spiro atoms. The van der Waals surface area contributed by atoms with Gasteiger partial charge in [0, 0.05) is 12.6 Å². The second-order valence-electron chi connectivity index (χ2n) is 7.70. The number of methoxy groups -OCH3 is 2. The number of aryl methyl sites for hydroxylation is 1. The monoisotopic (exact) mass is 440 g/mol. The Morgan fingerprint density at radius 1 is 1.16 bits per heavy atom. The molecule has 6 nitrogen and oxygen atoms in total. The molecule has 3 aromatic rings. The van der Waals surface area contributed by atoms with Crippen molar-refractivity contribution in [1.82, 2.24) is 9.88 Å². The first kappa shape index (κ1) is 21.6. The van der Waals surface area contributed by atoms with E-state index in [9.17, 15) is 4.79 Å². The first-order valence-electron chi connectivity index (χ1n) is 10.7. The molecular formula is C24H28N2O4S. The molecule has 1 aromatic heterocycles. The van der Waals surface area contributed by atoms with Crippen LogP contribution in [0.1, 0.15) is 31.2 Å². The van der Waals surface area contributed by atoms with Crippen molar-refractivity contribution in [2.24, 2.45) is 0 Å². The summed E-state index contributed by atoms with van der Waals surface area (Å²) in [5.74, 6) is 1.98. The van der Waals surface area contributed by atoms with Crippen LogP contribution in [-0.4, -0.2) is 48.4 Å². The third kappa shape index (κ3) is 5.15. The minimum Gasteiger partial charge on any atom is -0.493 e. The molecule has 1 aliphatic heterocycles. The van der Waals surface area contributed by atoms with Crippen LogP contribution in [0.15, 0.2) is 52.1 Å². The van der Waals surface area contributed by atoms with Crippen LogP contribution in [0.25, 0.3) is 11.1 Å². The van der Waals surface area contributed by atoms with Crippen molar-refractivity contribution in [3.8, 4) is 11.5 Å². The van der Waals surface area contributed by atoms with Crippen molar-refractivity contribution in [2.75, 3.05) is 26.5 Å². The van der Waals surface area contributed by atoms with Crippen LogP contribution >= 0.6 is 11.8 Å². The number of hydrogen-bond acceptors (Lipinski definition) is 6. The van der Waals surface area contributed by atoms with Gasteiger partial charge in [0.2, 0.25) is 5.91 Å². The number of fused-ring (bicyclic) bond motifs is 1. The van der Waals surface area contributed by atoms with Gasteiger partial charge in [-0.15, -0.1) is 0 Å². The maximum atomic E-state index is 13.0. The molecule has 1 atom stereocenters. The Kier molecular flexibility index (Phi) is 7.02. The summed E-state index contributed by atoms with van der Waals surface area (Å²) in [5.41, 5.74) is 2.77. The summed E-state index contributed by atoms with van der Waals surface area (Å²) in [6, 6.07) is 14.0. The first-order chi connectivity index (χ1) is 15.2. The molecule has 4 rings (SSSR count). The molecule has 2 aromatic carbocycles. The number of aromatic nitrogens is 1. The third-order valence-electron chi connectivity index (χ3n) is 5.76. The highest BCUT2D eigenvalue weighted by atomic mass is 32.2. The summed E-state index contributed by atoms with van der Waals surface area (Å²) < 4.78 is 16.5. The summed E-state index contributed by atoms with van der Waals surface area (Å²) in [4.78, 5) is 19.5. The van der Waals surface area contributed by atoms with Gasteiger partial charge in [-0.2, -0.15) is 0 Å². The molecule has 0 N–H and O–H groups in total. The van der Waals surface area contributed by atoms with Crippen molar-refractivity contribution in [3.63, 3.8) is 0 Å².